The van der Waals surface area contributed by atoms with E-state index >= 15 is 0 Å². The molecule has 1 saturated heterocycles. The van der Waals surface area contributed by atoms with Crippen molar-refractivity contribution < 1.29 is 9.13 Å². The Labute approximate surface area is 125 Å². The van der Waals surface area contributed by atoms with Crippen molar-refractivity contribution in [3.63, 3.8) is 0 Å². The highest BCUT2D eigenvalue weighted by Crippen LogP contribution is 2.22. The maximum atomic E-state index is 13.1. The van der Waals surface area contributed by atoms with Gasteiger partial charge in [-0.05, 0) is 24.6 Å². The Morgan fingerprint density at radius 3 is 2.67 bits per heavy atom. The molecule has 0 aliphatic carbocycles. The van der Waals surface area contributed by atoms with Crippen LogP contribution in [0.3, 0.4) is 0 Å². The molecule has 1 atom stereocenters. The molecule has 1 fully saturated rings. The number of nitrogens with zero attached hydrogens (tertiary/aromatic N) is 2. The molecule has 21 heavy (non-hydrogen) atoms. The molecule has 1 aromatic carbocycles. The average molecular weight is 294 g/mol. The van der Waals surface area contributed by atoms with Crippen molar-refractivity contribution in [2.75, 3.05) is 39.4 Å². The van der Waals surface area contributed by atoms with E-state index in [2.05, 4.69) is 15.2 Å². The van der Waals surface area contributed by atoms with Crippen LogP contribution in [0.5, 0.6) is 0 Å². The summed E-state index contributed by atoms with van der Waals surface area (Å²) in [6, 6.07) is 6.69. The Kier molecular flexibility index (Phi) is 5.95. The van der Waals surface area contributed by atoms with E-state index in [1.165, 1.54) is 12.1 Å². The van der Waals surface area contributed by atoms with E-state index in [9.17, 15) is 4.39 Å². The zero-order chi connectivity index (χ0) is 15.1. The van der Waals surface area contributed by atoms with Crippen LogP contribution < -0.4 is 11.1 Å². The van der Waals surface area contributed by atoms with Crippen LogP contribution >= 0.6 is 0 Å². The van der Waals surface area contributed by atoms with Crippen molar-refractivity contribution in [2.45, 2.75) is 13.0 Å². The van der Waals surface area contributed by atoms with Gasteiger partial charge in [-0.15, -0.1) is 0 Å². The zero-order valence-corrected chi connectivity index (χ0v) is 12.4. The minimum absolute atomic E-state index is 0.0895. The molecule has 1 unspecified atom stereocenters. The molecule has 0 radical (unpaired) electrons. The number of guanidine groups is 1. The summed E-state index contributed by atoms with van der Waals surface area (Å²) in [4.78, 5) is 6.70. The average Bonchev–Trinajstić information content (AvgIpc) is 2.50. The first-order chi connectivity index (χ1) is 10.2. The first-order valence-electron chi connectivity index (χ1n) is 7.31. The number of aliphatic imine (C=N–C) groups is 1. The number of benzene rings is 1. The van der Waals surface area contributed by atoms with E-state index in [4.69, 9.17) is 10.5 Å². The Morgan fingerprint density at radius 1 is 1.38 bits per heavy atom. The highest BCUT2D eigenvalue weighted by Gasteiger charge is 2.22. The molecule has 6 heteroatoms. The maximum Gasteiger partial charge on any atom is 0.188 e. The lowest BCUT2D eigenvalue weighted by Gasteiger charge is -2.34. The topological polar surface area (TPSA) is 62.9 Å². The van der Waals surface area contributed by atoms with Gasteiger partial charge >= 0.3 is 0 Å². The summed E-state index contributed by atoms with van der Waals surface area (Å²) in [6.07, 6.45) is 0. The van der Waals surface area contributed by atoms with Crippen LogP contribution in [0.4, 0.5) is 4.39 Å². The van der Waals surface area contributed by atoms with Gasteiger partial charge in [-0.2, -0.15) is 0 Å². The lowest BCUT2D eigenvalue weighted by Crippen LogP contribution is -2.41. The highest BCUT2D eigenvalue weighted by atomic mass is 19.1. The molecule has 0 amide bonds. The van der Waals surface area contributed by atoms with Gasteiger partial charge in [0.15, 0.2) is 5.96 Å². The molecule has 0 bridgehead atoms. The normalized spacial score (nSPS) is 18.5. The third kappa shape index (κ3) is 4.68. The molecular formula is C15H23FN4O. The molecule has 1 aliphatic rings. The zero-order valence-electron chi connectivity index (χ0n) is 12.4. The second kappa shape index (κ2) is 7.95. The summed E-state index contributed by atoms with van der Waals surface area (Å²) in [7, 11) is 0. The fraction of sp³-hybridized carbons (Fsp3) is 0.533. The Balaban J connectivity index is 2.13. The van der Waals surface area contributed by atoms with Gasteiger partial charge in [0.2, 0.25) is 0 Å². The van der Waals surface area contributed by atoms with Crippen LogP contribution in [-0.4, -0.2) is 50.3 Å². The SMILES string of the molecule is CCNC(N)=NCC(c1ccc(F)cc1)N1CCOCC1. The first-order valence-corrected chi connectivity index (χ1v) is 7.31. The summed E-state index contributed by atoms with van der Waals surface area (Å²) in [5, 5.41) is 2.99. The standard InChI is InChI=1S/C15H23FN4O/c1-2-18-15(17)19-11-14(20-7-9-21-10-8-20)12-3-5-13(16)6-4-12/h3-6,14H,2,7-11H2,1H3,(H3,17,18,19). The van der Waals surface area contributed by atoms with Crippen LogP contribution in [0, 0.1) is 5.82 Å². The fourth-order valence-corrected chi connectivity index (χ4v) is 2.43. The largest absolute Gasteiger partial charge is 0.379 e. The molecule has 5 nitrogen and oxygen atoms in total. The van der Waals surface area contributed by atoms with E-state index < -0.39 is 0 Å². The number of hydrogen-bond acceptors (Lipinski definition) is 3. The summed E-state index contributed by atoms with van der Waals surface area (Å²) in [6.45, 7) is 6.38. The number of halogens is 1. The Bertz CT molecular complexity index is 457. The van der Waals surface area contributed by atoms with E-state index in [1.807, 2.05) is 19.1 Å². The summed E-state index contributed by atoms with van der Waals surface area (Å²) in [5.74, 6) is 0.216. The summed E-state index contributed by atoms with van der Waals surface area (Å²) >= 11 is 0. The van der Waals surface area contributed by atoms with Crippen molar-refractivity contribution in [2.24, 2.45) is 10.7 Å². The molecule has 1 aromatic rings. The first kappa shape index (κ1) is 15.7. The molecule has 3 N–H and O–H groups in total. The van der Waals surface area contributed by atoms with Crippen LogP contribution in [0.15, 0.2) is 29.3 Å². The van der Waals surface area contributed by atoms with Gasteiger partial charge in [0.05, 0.1) is 25.8 Å². The minimum atomic E-state index is -0.227. The number of hydrogen-bond donors (Lipinski definition) is 2. The lowest BCUT2D eigenvalue weighted by molar-refractivity contribution is 0.0179. The minimum Gasteiger partial charge on any atom is -0.379 e. The van der Waals surface area contributed by atoms with Gasteiger partial charge in [-0.25, -0.2) is 4.39 Å². The van der Waals surface area contributed by atoms with Gasteiger partial charge in [-0.1, -0.05) is 12.1 Å². The van der Waals surface area contributed by atoms with Crippen molar-refractivity contribution in [3.8, 4) is 0 Å². The van der Waals surface area contributed by atoms with Crippen molar-refractivity contribution in [3.05, 3.63) is 35.6 Å². The molecule has 1 heterocycles. The van der Waals surface area contributed by atoms with E-state index in [1.54, 1.807) is 0 Å². The number of nitrogens with one attached hydrogen (secondary N) is 1. The number of morpholine rings is 1. The second-order valence-electron chi connectivity index (χ2n) is 4.97. The molecule has 0 aromatic heterocycles. The molecular weight excluding hydrogens is 271 g/mol. The van der Waals surface area contributed by atoms with E-state index in [-0.39, 0.29) is 11.9 Å². The fourth-order valence-electron chi connectivity index (χ4n) is 2.43. The third-order valence-electron chi connectivity index (χ3n) is 3.53. The lowest BCUT2D eigenvalue weighted by atomic mass is 10.0. The second-order valence-corrected chi connectivity index (χ2v) is 4.97. The van der Waals surface area contributed by atoms with E-state index in [0.29, 0.717) is 25.7 Å². The monoisotopic (exact) mass is 294 g/mol. The predicted octanol–water partition coefficient (Wildman–Crippen LogP) is 1.12. The van der Waals surface area contributed by atoms with Gasteiger partial charge < -0.3 is 15.8 Å². The van der Waals surface area contributed by atoms with Crippen LogP contribution in [0.25, 0.3) is 0 Å². The number of ether oxygens (including phenoxy) is 1. The smallest absolute Gasteiger partial charge is 0.188 e. The Morgan fingerprint density at radius 2 is 2.05 bits per heavy atom. The number of nitrogens with two attached hydrogens (primary N) is 1. The summed E-state index contributed by atoms with van der Waals surface area (Å²) in [5.41, 5.74) is 6.85. The predicted molar refractivity (Wildman–Crippen MR) is 81.7 cm³/mol. The third-order valence-corrected chi connectivity index (χ3v) is 3.53. The highest BCUT2D eigenvalue weighted by molar-refractivity contribution is 5.77. The van der Waals surface area contributed by atoms with Gasteiger partial charge in [-0.3, -0.25) is 9.89 Å². The van der Waals surface area contributed by atoms with Gasteiger partial charge in [0.25, 0.3) is 0 Å². The van der Waals surface area contributed by atoms with Crippen molar-refractivity contribution in [1.29, 1.82) is 0 Å². The molecule has 2 rings (SSSR count). The summed E-state index contributed by atoms with van der Waals surface area (Å²) < 4.78 is 18.5. The maximum absolute atomic E-state index is 13.1. The van der Waals surface area contributed by atoms with E-state index in [0.717, 1.165) is 25.2 Å². The van der Waals surface area contributed by atoms with Crippen LogP contribution in [-0.2, 0) is 4.74 Å². The number of rotatable bonds is 5. The van der Waals surface area contributed by atoms with Gasteiger partial charge in [0.1, 0.15) is 5.82 Å². The molecule has 0 saturated carbocycles. The quantitative estimate of drug-likeness (QED) is 0.631. The van der Waals surface area contributed by atoms with Crippen molar-refractivity contribution >= 4 is 5.96 Å². The molecule has 1 aliphatic heterocycles. The van der Waals surface area contributed by atoms with Crippen LogP contribution in [0.1, 0.15) is 18.5 Å². The molecule has 116 valence electrons. The van der Waals surface area contributed by atoms with Crippen molar-refractivity contribution in [1.82, 2.24) is 10.2 Å². The molecule has 0 spiro atoms. The van der Waals surface area contributed by atoms with Gasteiger partial charge in [0, 0.05) is 19.6 Å². The van der Waals surface area contributed by atoms with Crippen LogP contribution in [0.2, 0.25) is 0 Å². The Hall–Kier alpha value is -1.66.